The summed E-state index contributed by atoms with van der Waals surface area (Å²) in [6, 6.07) is 6.64. The number of rotatable bonds is 8. The lowest BCUT2D eigenvalue weighted by atomic mass is 10.2. The van der Waals surface area contributed by atoms with Crippen molar-refractivity contribution in [2.45, 2.75) is 38.5 Å². The minimum Gasteiger partial charge on any atom is -0.351 e. The van der Waals surface area contributed by atoms with E-state index in [0.29, 0.717) is 12.2 Å². The second kappa shape index (κ2) is 9.28. The molecule has 0 unspecified atom stereocenters. The first-order chi connectivity index (χ1) is 10.0. The molecular formula is C15H23N3O2S. The van der Waals surface area contributed by atoms with Gasteiger partial charge >= 0.3 is 6.03 Å². The maximum Gasteiger partial charge on any atom is 0.316 e. The Hall–Kier alpha value is -1.69. The molecule has 1 aromatic carbocycles. The molecule has 0 saturated heterocycles. The molecule has 0 fully saturated rings. The van der Waals surface area contributed by atoms with E-state index in [1.807, 2.05) is 19.1 Å². The second-order valence-electron chi connectivity index (χ2n) is 4.77. The third-order valence-corrected chi connectivity index (χ3v) is 4.13. The monoisotopic (exact) mass is 309 g/mol. The SMILES string of the molecule is CCCCS[C@H](C)C(=O)NCc1cccc(NC(N)=O)c1. The van der Waals surface area contributed by atoms with E-state index in [1.54, 1.807) is 23.9 Å². The molecule has 0 bridgehead atoms. The van der Waals surface area contributed by atoms with Crippen LogP contribution in [-0.2, 0) is 11.3 Å². The lowest BCUT2D eigenvalue weighted by Crippen LogP contribution is -2.30. The summed E-state index contributed by atoms with van der Waals surface area (Å²) < 4.78 is 0. The summed E-state index contributed by atoms with van der Waals surface area (Å²) in [5.74, 6) is 1.03. The highest BCUT2D eigenvalue weighted by molar-refractivity contribution is 8.00. The fourth-order valence-corrected chi connectivity index (χ4v) is 2.76. The first kappa shape index (κ1) is 17.4. The number of unbranched alkanes of at least 4 members (excludes halogenated alkanes) is 1. The van der Waals surface area contributed by atoms with E-state index in [1.165, 1.54) is 0 Å². The molecule has 0 aromatic heterocycles. The smallest absolute Gasteiger partial charge is 0.316 e. The summed E-state index contributed by atoms with van der Waals surface area (Å²) in [6.45, 7) is 4.49. The van der Waals surface area contributed by atoms with E-state index in [-0.39, 0.29) is 11.2 Å². The van der Waals surface area contributed by atoms with Gasteiger partial charge in [-0.05, 0) is 36.8 Å². The van der Waals surface area contributed by atoms with Gasteiger partial charge in [0.1, 0.15) is 0 Å². The van der Waals surface area contributed by atoms with Crippen LogP contribution in [0.2, 0.25) is 0 Å². The summed E-state index contributed by atoms with van der Waals surface area (Å²) in [6.07, 6.45) is 2.27. The number of nitrogens with one attached hydrogen (secondary N) is 2. The number of hydrogen-bond donors (Lipinski definition) is 3. The number of urea groups is 1. The predicted octanol–water partition coefficient (Wildman–Crippen LogP) is 2.72. The van der Waals surface area contributed by atoms with Crippen LogP contribution in [0.15, 0.2) is 24.3 Å². The number of carbonyl (C=O) groups is 2. The Morgan fingerprint density at radius 3 is 2.81 bits per heavy atom. The number of hydrogen-bond acceptors (Lipinski definition) is 3. The molecule has 0 aliphatic carbocycles. The standard InChI is InChI=1S/C15H23N3O2S/c1-3-4-8-21-11(2)14(19)17-10-12-6-5-7-13(9-12)18-15(16)20/h5-7,9,11H,3-4,8,10H2,1-2H3,(H,17,19)(H3,16,18,20)/t11-/m1/s1. The van der Waals surface area contributed by atoms with Crippen molar-refractivity contribution in [3.63, 3.8) is 0 Å². The van der Waals surface area contributed by atoms with Gasteiger partial charge in [0, 0.05) is 12.2 Å². The second-order valence-corrected chi connectivity index (χ2v) is 6.22. The van der Waals surface area contributed by atoms with Gasteiger partial charge in [-0.3, -0.25) is 4.79 Å². The molecule has 1 atom stereocenters. The first-order valence-electron chi connectivity index (χ1n) is 7.07. The van der Waals surface area contributed by atoms with Crippen molar-refractivity contribution in [3.8, 4) is 0 Å². The Balaban J connectivity index is 2.43. The van der Waals surface area contributed by atoms with E-state index in [9.17, 15) is 9.59 Å². The highest BCUT2D eigenvalue weighted by Gasteiger charge is 2.12. The summed E-state index contributed by atoms with van der Waals surface area (Å²) in [5, 5.41) is 5.36. The molecule has 0 aliphatic rings. The average Bonchev–Trinajstić information content (AvgIpc) is 2.44. The minimum absolute atomic E-state index is 0.0318. The lowest BCUT2D eigenvalue weighted by molar-refractivity contribution is -0.120. The molecule has 6 heteroatoms. The summed E-state index contributed by atoms with van der Waals surface area (Å²) >= 11 is 1.67. The van der Waals surface area contributed by atoms with Crippen LogP contribution >= 0.6 is 11.8 Å². The van der Waals surface area contributed by atoms with Gasteiger partial charge in [0.05, 0.1) is 5.25 Å². The van der Waals surface area contributed by atoms with Crippen molar-refractivity contribution in [2.75, 3.05) is 11.1 Å². The number of primary amides is 1. The van der Waals surface area contributed by atoms with E-state index in [2.05, 4.69) is 17.6 Å². The van der Waals surface area contributed by atoms with E-state index in [0.717, 1.165) is 24.2 Å². The zero-order valence-electron chi connectivity index (χ0n) is 12.5. The summed E-state index contributed by atoms with van der Waals surface area (Å²) in [4.78, 5) is 22.8. The topological polar surface area (TPSA) is 84.2 Å². The van der Waals surface area contributed by atoms with Crippen molar-refractivity contribution >= 4 is 29.4 Å². The van der Waals surface area contributed by atoms with Gasteiger partial charge in [0.25, 0.3) is 0 Å². The Morgan fingerprint density at radius 1 is 1.38 bits per heavy atom. The van der Waals surface area contributed by atoms with Crippen molar-refractivity contribution in [1.29, 1.82) is 0 Å². The zero-order chi connectivity index (χ0) is 15.7. The molecule has 116 valence electrons. The third-order valence-electron chi connectivity index (χ3n) is 2.90. The Morgan fingerprint density at radius 2 is 2.14 bits per heavy atom. The maximum absolute atomic E-state index is 12.0. The zero-order valence-corrected chi connectivity index (χ0v) is 13.3. The number of amides is 3. The summed E-state index contributed by atoms with van der Waals surface area (Å²) in [7, 11) is 0. The first-order valence-corrected chi connectivity index (χ1v) is 8.12. The third kappa shape index (κ3) is 7.04. The molecule has 0 aliphatic heterocycles. The minimum atomic E-state index is -0.600. The van der Waals surface area contributed by atoms with Gasteiger partial charge in [-0.15, -0.1) is 11.8 Å². The molecule has 4 N–H and O–H groups in total. The van der Waals surface area contributed by atoms with Crippen molar-refractivity contribution in [3.05, 3.63) is 29.8 Å². The van der Waals surface area contributed by atoms with Crippen LogP contribution in [0.1, 0.15) is 32.3 Å². The van der Waals surface area contributed by atoms with Gasteiger partial charge in [-0.25, -0.2) is 4.79 Å². The van der Waals surface area contributed by atoms with Crippen LogP contribution in [0.4, 0.5) is 10.5 Å². The molecule has 3 amide bonds. The molecule has 0 saturated carbocycles. The Bertz CT molecular complexity index is 480. The van der Waals surface area contributed by atoms with Crippen LogP contribution in [0.5, 0.6) is 0 Å². The van der Waals surface area contributed by atoms with Gasteiger partial charge in [-0.1, -0.05) is 25.5 Å². The Kier molecular flexibility index (Phi) is 7.68. The highest BCUT2D eigenvalue weighted by Crippen LogP contribution is 2.14. The number of benzene rings is 1. The maximum atomic E-state index is 12.0. The molecule has 5 nitrogen and oxygen atoms in total. The average molecular weight is 309 g/mol. The highest BCUT2D eigenvalue weighted by atomic mass is 32.2. The molecule has 0 heterocycles. The van der Waals surface area contributed by atoms with Gasteiger partial charge in [0.2, 0.25) is 5.91 Å². The van der Waals surface area contributed by atoms with Crippen molar-refractivity contribution < 1.29 is 9.59 Å². The molecule has 0 radical (unpaired) electrons. The van der Waals surface area contributed by atoms with E-state index >= 15 is 0 Å². The molecule has 1 aromatic rings. The molecular weight excluding hydrogens is 286 g/mol. The molecule has 1 rings (SSSR count). The van der Waals surface area contributed by atoms with Crippen LogP contribution in [0.25, 0.3) is 0 Å². The fourth-order valence-electron chi connectivity index (χ4n) is 1.71. The largest absolute Gasteiger partial charge is 0.351 e. The van der Waals surface area contributed by atoms with Crippen molar-refractivity contribution in [2.24, 2.45) is 5.73 Å². The van der Waals surface area contributed by atoms with E-state index < -0.39 is 6.03 Å². The number of thioether (sulfide) groups is 1. The number of anilines is 1. The summed E-state index contributed by atoms with van der Waals surface area (Å²) in [5.41, 5.74) is 6.61. The van der Waals surface area contributed by atoms with Gasteiger partial charge in [0.15, 0.2) is 0 Å². The molecule has 21 heavy (non-hydrogen) atoms. The van der Waals surface area contributed by atoms with Crippen LogP contribution in [-0.4, -0.2) is 22.9 Å². The number of carbonyl (C=O) groups excluding carboxylic acids is 2. The fraction of sp³-hybridized carbons (Fsp3) is 0.467. The van der Waals surface area contributed by atoms with Crippen molar-refractivity contribution in [1.82, 2.24) is 5.32 Å². The van der Waals surface area contributed by atoms with Gasteiger partial charge in [-0.2, -0.15) is 0 Å². The Labute approximate surface area is 130 Å². The van der Waals surface area contributed by atoms with Crippen LogP contribution in [0, 0.1) is 0 Å². The quantitative estimate of drug-likeness (QED) is 0.646. The van der Waals surface area contributed by atoms with Crippen LogP contribution < -0.4 is 16.4 Å². The number of nitrogens with two attached hydrogens (primary N) is 1. The normalized spacial score (nSPS) is 11.7. The van der Waals surface area contributed by atoms with E-state index in [4.69, 9.17) is 5.73 Å². The predicted molar refractivity (Wildman–Crippen MR) is 88.3 cm³/mol. The van der Waals surface area contributed by atoms with Crippen LogP contribution in [0.3, 0.4) is 0 Å². The lowest BCUT2D eigenvalue weighted by Gasteiger charge is -2.12. The van der Waals surface area contributed by atoms with Gasteiger partial charge < -0.3 is 16.4 Å². The molecule has 0 spiro atoms.